The van der Waals surface area contributed by atoms with Crippen molar-refractivity contribution in [3.63, 3.8) is 0 Å². The van der Waals surface area contributed by atoms with Crippen LogP contribution in [0, 0.1) is 19.7 Å². The number of aryl methyl sites for hydroxylation is 2. The van der Waals surface area contributed by atoms with Gasteiger partial charge >= 0.3 is 0 Å². The van der Waals surface area contributed by atoms with Crippen LogP contribution in [0.25, 0.3) is 16.3 Å². The summed E-state index contributed by atoms with van der Waals surface area (Å²) in [6.07, 6.45) is 0.618. The highest BCUT2D eigenvalue weighted by atomic mass is 32.1. The fourth-order valence-corrected chi connectivity index (χ4v) is 4.74. The molecule has 0 atom stereocenters. The van der Waals surface area contributed by atoms with Gasteiger partial charge in [0.05, 0.1) is 15.6 Å². The molecule has 0 fully saturated rings. The third kappa shape index (κ3) is 4.62. The van der Waals surface area contributed by atoms with Crippen LogP contribution in [0.4, 0.5) is 4.39 Å². The molecule has 0 aliphatic rings. The van der Waals surface area contributed by atoms with Gasteiger partial charge in [-0.2, -0.15) is 5.10 Å². The highest BCUT2D eigenvalue weighted by Crippen LogP contribution is 2.29. The molecule has 3 heterocycles. The third-order valence-electron chi connectivity index (χ3n) is 4.59. The van der Waals surface area contributed by atoms with Crippen LogP contribution < -0.4 is 10.7 Å². The van der Waals surface area contributed by atoms with Crippen molar-refractivity contribution in [3.05, 3.63) is 85.2 Å². The van der Waals surface area contributed by atoms with E-state index in [9.17, 15) is 14.0 Å². The molecule has 158 valence electrons. The second kappa shape index (κ2) is 8.91. The predicted octanol–water partition coefficient (Wildman–Crippen LogP) is 4.15. The van der Waals surface area contributed by atoms with Gasteiger partial charge in [-0.25, -0.2) is 14.1 Å². The molecule has 4 rings (SSSR count). The molecular formula is C22H19FN4O2S2. The molecule has 0 radical (unpaired) electrons. The zero-order chi connectivity index (χ0) is 22.0. The molecule has 31 heavy (non-hydrogen) atoms. The van der Waals surface area contributed by atoms with Gasteiger partial charge in [0.25, 0.3) is 5.91 Å². The van der Waals surface area contributed by atoms with Crippen molar-refractivity contribution in [2.24, 2.45) is 0 Å². The van der Waals surface area contributed by atoms with Gasteiger partial charge in [0.2, 0.25) is 5.43 Å². The van der Waals surface area contributed by atoms with Crippen LogP contribution in [0.1, 0.15) is 26.1 Å². The van der Waals surface area contributed by atoms with Gasteiger partial charge in [0.15, 0.2) is 5.69 Å². The highest BCUT2D eigenvalue weighted by molar-refractivity contribution is 7.16. The summed E-state index contributed by atoms with van der Waals surface area (Å²) in [5, 5.41) is 9.90. The lowest BCUT2D eigenvalue weighted by Crippen LogP contribution is -2.33. The normalized spacial score (nSPS) is 10.9. The van der Waals surface area contributed by atoms with Crippen molar-refractivity contribution in [1.82, 2.24) is 20.1 Å². The molecule has 0 unspecified atom stereocenters. The smallest absolute Gasteiger partial charge is 0.275 e. The first kappa shape index (κ1) is 21.1. The molecule has 4 aromatic rings. The second-order valence-corrected chi connectivity index (χ2v) is 9.12. The van der Waals surface area contributed by atoms with Crippen molar-refractivity contribution in [2.75, 3.05) is 6.54 Å². The van der Waals surface area contributed by atoms with Gasteiger partial charge < -0.3 is 5.32 Å². The second-order valence-electron chi connectivity index (χ2n) is 6.89. The van der Waals surface area contributed by atoms with Crippen molar-refractivity contribution in [1.29, 1.82) is 0 Å². The summed E-state index contributed by atoms with van der Waals surface area (Å²) in [7, 11) is 0. The first-order valence-corrected chi connectivity index (χ1v) is 11.3. The molecule has 0 saturated heterocycles. The molecule has 6 nitrogen and oxygen atoms in total. The van der Waals surface area contributed by atoms with Crippen LogP contribution in [0.3, 0.4) is 0 Å². The van der Waals surface area contributed by atoms with E-state index >= 15 is 0 Å². The quantitative estimate of drug-likeness (QED) is 0.475. The number of halogens is 1. The van der Waals surface area contributed by atoms with Gasteiger partial charge in [-0.15, -0.1) is 22.7 Å². The van der Waals surface area contributed by atoms with Crippen LogP contribution in [0.5, 0.6) is 0 Å². The average molecular weight is 455 g/mol. The number of rotatable bonds is 6. The number of benzene rings is 1. The van der Waals surface area contributed by atoms with Crippen LogP contribution in [0.2, 0.25) is 0 Å². The number of thiazole rings is 1. The van der Waals surface area contributed by atoms with E-state index in [0.29, 0.717) is 18.7 Å². The Bertz CT molecular complexity index is 1310. The molecule has 1 aromatic carbocycles. The Morgan fingerprint density at radius 3 is 2.74 bits per heavy atom. The molecule has 9 heteroatoms. The molecule has 0 spiro atoms. The maximum Gasteiger partial charge on any atom is 0.275 e. The van der Waals surface area contributed by atoms with Crippen LogP contribution in [-0.4, -0.2) is 27.2 Å². The molecule has 0 aliphatic carbocycles. The van der Waals surface area contributed by atoms with E-state index in [2.05, 4.69) is 15.4 Å². The Morgan fingerprint density at radius 2 is 2.00 bits per heavy atom. The number of amides is 1. The number of para-hydroxylation sites is 1. The van der Waals surface area contributed by atoms with Gasteiger partial charge in [0, 0.05) is 28.6 Å². The number of hydrogen-bond donors (Lipinski definition) is 1. The third-order valence-corrected chi connectivity index (χ3v) is 6.53. The molecule has 0 bridgehead atoms. The fraction of sp³-hybridized carbons (Fsp3) is 0.182. The Kier molecular flexibility index (Phi) is 6.06. The SMILES string of the molecule is Cc1nc(-c2ccc(CCNC(=O)c3nn(-c4ccccc4F)c(C)cc3=O)s2)cs1. The average Bonchev–Trinajstić information content (AvgIpc) is 3.38. The molecule has 0 saturated carbocycles. The van der Waals surface area contributed by atoms with Gasteiger partial charge in [-0.3, -0.25) is 9.59 Å². The number of nitrogens with one attached hydrogen (secondary N) is 1. The molecule has 3 aromatic heterocycles. The monoisotopic (exact) mass is 454 g/mol. The Hall–Kier alpha value is -3.17. The lowest BCUT2D eigenvalue weighted by atomic mass is 10.2. The lowest BCUT2D eigenvalue weighted by molar-refractivity contribution is 0.0946. The highest BCUT2D eigenvalue weighted by Gasteiger charge is 2.16. The van der Waals surface area contributed by atoms with Gasteiger partial charge in [0.1, 0.15) is 11.5 Å². The molecular weight excluding hydrogens is 435 g/mol. The summed E-state index contributed by atoms with van der Waals surface area (Å²) in [6.45, 7) is 3.96. The zero-order valence-corrected chi connectivity index (χ0v) is 18.5. The standard InChI is InChI=1S/C22H19FN4O2S2/c1-13-11-19(28)21(26-27(13)18-6-4-3-5-16(18)23)22(29)24-10-9-15-7-8-20(31-15)17-12-30-14(2)25-17/h3-8,11-12H,9-10H2,1-2H3,(H,24,29). The zero-order valence-electron chi connectivity index (χ0n) is 16.9. The van der Waals surface area contributed by atoms with Gasteiger partial charge in [-0.1, -0.05) is 12.1 Å². The van der Waals surface area contributed by atoms with E-state index in [1.165, 1.54) is 16.8 Å². The number of carbonyl (C=O) groups is 1. The maximum atomic E-state index is 14.2. The van der Waals surface area contributed by atoms with Gasteiger partial charge in [-0.05, 0) is 44.5 Å². The van der Waals surface area contributed by atoms with E-state index < -0.39 is 17.2 Å². The van der Waals surface area contributed by atoms with Crippen LogP contribution in [-0.2, 0) is 6.42 Å². The predicted molar refractivity (Wildman–Crippen MR) is 121 cm³/mol. The van der Waals surface area contributed by atoms with Crippen molar-refractivity contribution >= 4 is 28.6 Å². The summed E-state index contributed by atoms with van der Waals surface area (Å²) >= 11 is 3.23. The summed E-state index contributed by atoms with van der Waals surface area (Å²) < 4.78 is 15.4. The summed E-state index contributed by atoms with van der Waals surface area (Å²) in [5.74, 6) is -1.07. The van der Waals surface area contributed by atoms with Crippen molar-refractivity contribution in [3.8, 4) is 16.3 Å². The van der Waals surface area contributed by atoms with Crippen LogP contribution >= 0.6 is 22.7 Å². The summed E-state index contributed by atoms with van der Waals surface area (Å²) in [4.78, 5) is 31.6. The lowest BCUT2D eigenvalue weighted by Gasteiger charge is -2.12. The van der Waals surface area contributed by atoms with E-state index in [1.54, 1.807) is 47.8 Å². The van der Waals surface area contributed by atoms with E-state index in [1.807, 2.05) is 24.4 Å². The molecule has 0 aliphatic heterocycles. The first-order valence-electron chi connectivity index (χ1n) is 9.57. The minimum absolute atomic E-state index is 0.178. The minimum Gasteiger partial charge on any atom is -0.350 e. The topological polar surface area (TPSA) is 76.9 Å². The van der Waals surface area contributed by atoms with E-state index in [0.717, 1.165) is 20.5 Å². The molecule has 1 N–H and O–H groups in total. The fourth-order valence-electron chi connectivity index (χ4n) is 3.08. The van der Waals surface area contributed by atoms with E-state index in [4.69, 9.17) is 0 Å². The number of nitrogens with zero attached hydrogens (tertiary/aromatic N) is 3. The maximum absolute atomic E-state index is 14.2. The largest absolute Gasteiger partial charge is 0.350 e. The molecule has 1 amide bonds. The summed E-state index contributed by atoms with van der Waals surface area (Å²) in [6, 6.07) is 11.4. The Balaban J connectivity index is 1.46. The Morgan fingerprint density at radius 1 is 1.19 bits per heavy atom. The number of thiophene rings is 1. The van der Waals surface area contributed by atoms with Crippen LogP contribution in [0.15, 0.2) is 52.6 Å². The van der Waals surface area contributed by atoms with Crippen molar-refractivity contribution in [2.45, 2.75) is 20.3 Å². The summed E-state index contributed by atoms with van der Waals surface area (Å²) in [5.41, 5.74) is 0.811. The number of carbonyl (C=O) groups excluding carboxylic acids is 1. The van der Waals surface area contributed by atoms with E-state index in [-0.39, 0.29) is 11.4 Å². The van der Waals surface area contributed by atoms with Crippen molar-refractivity contribution < 1.29 is 9.18 Å². The Labute approximate surface area is 186 Å². The number of hydrogen-bond acceptors (Lipinski definition) is 6. The minimum atomic E-state index is -0.581. The number of aromatic nitrogens is 3. The first-order chi connectivity index (χ1) is 14.9.